The van der Waals surface area contributed by atoms with Crippen LogP contribution >= 0.6 is 11.6 Å². The van der Waals surface area contributed by atoms with Crippen molar-refractivity contribution in [3.05, 3.63) is 39.1 Å². The molecule has 1 unspecified atom stereocenters. The number of rotatable bonds is 3. The first-order chi connectivity index (χ1) is 11.7. The van der Waals surface area contributed by atoms with Crippen molar-refractivity contribution < 1.29 is 34.9 Å². The second kappa shape index (κ2) is 7.50. The lowest BCUT2D eigenvalue weighted by Gasteiger charge is -2.12. The van der Waals surface area contributed by atoms with Gasteiger partial charge < -0.3 is 11.5 Å². The Labute approximate surface area is 148 Å². The summed E-state index contributed by atoms with van der Waals surface area (Å²) in [5.41, 5.74) is 1.06. The first kappa shape index (κ1) is 21.7. The average molecular weight is 423 g/mol. The fourth-order valence-electron chi connectivity index (χ4n) is 1.51. The molecule has 0 aromatic heterocycles. The van der Waals surface area contributed by atoms with E-state index < -0.39 is 61.0 Å². The summed E-state index contributed by atoms with van der Waals surface area (Å²) in [6, 6.07) is 1.31. The summed E-state index contributed by atoms with van der Waals surface area (Å²) in [7, 11) is -3.91. The van der Waals surface area contributed by atoms with Gasteiger partial charge in [0.25, 0.3) is 0 Å². The minimum absolute atomic E-state index is 0.0181. The molecule has 0 aliphatic heterocycles. The molecule has 1 atom stereocenters. The topological polar surface area (TPSA) is 105 Å². The molecule has 1 aromatic carbocycles. The van der Waals surface area contributed by atoms with Crippen molar-refractivity contribution in [3.8, 4) is 6.07 Å². The molecule has 1 aromatic rings. The molecule has 0 radical (unpaired) electrons. The summed E-state index contributed by atoms with van der Waals surface area (Å²) in [4.78, 5) is 1.65. The Balaban J connectivity index is 3.57. The Bertz CT molecular complexity index is 832. The molecule has 0 saturated heterocycles. The summed E-state index contributed by atoms with van der Waals surface area (Å²) in [6.45, 7) is 0. The highest BCUT2D eigenvalue weighted by atomic mass is 35.5. The van der Waals surface area contributed by atoms with Crippen LogP contribution in [0.15, 0.2) is 27.7 Å². The minimum atomic E-state index is -5.39. The Morgan fingerprint density at radius 3 is 2.12 bits per heavy atom. The normalized spacial score (nSPS) is 15.3. The SMILES string of the molecule is N#CC(N)=C(C(N)=Nc1c(F)cc(C(F)(F)F)cc1Cl)S(=O)C(F)(F)F. The standard InChI is InChI=1S/C12H6ClF7N4OS/c13-5-1-4(11(15,16)17)2-6(14)8(5)24-10(23)9(7(22)3-21)26(25)12(18,19)20/h1-2H,22H2,(H2,23,24). The van der Waals surface area contributed by atoms with Gasteiger partial charge in [-0.05, 0) is 12.1 Å². The van der Waals surface area contributed by atoms with Crippen LogP contribution in [0.2, 0.25) is 5.02 Å². The Kier molecular flexibility index (Phi) is 6.26. The smallest absolute Gasteiger partial charge is 0.389 e. The molecule has 1 rings (SSSR count). The van der Waals surface area contributed by atoms with Crippen LogP contribution in [-0.4, -0.2) is 15.6 Å². The maximum absolute atomic E-state index is 13.8. The lowest BCUT2D eigenvalue weighted by atomic mass is 10.2. The third-order valence-electron chi connectivity index (χ3n) is 2.57. The van der Waals surface area contributed by atoms with Gasteiger partial charge in [-0.3, -0.25) is 0 Å². The fourth-order valence-corrected chi connectivity index (χ4v) is 2.47. The summed E-state index contributed by atoms with van der Waals surface area (Å²) in [5.74, 6) is -2.97. The minimum Gasteiger partial charge on any atom is -0.389 e. The highest BCUT2D eigenvalue weighted by Gasteiger charge is 2.42. The Hall–Kier alpha value is -2.33. The van der Waals surface area contributed by atoms with Crippen LogP contribution in [0.5, 0.6) is 0 Å². The number of alkyl halides is 6. The first-order valence-corrected chi connectivity index (χ1v) is 7.52. The largest absolute Gasteiger partial charge is 0.476 e. The van der Waals surface area contributed by atoms with Crippen molar-refractivity contribution in [1.29, 1.82) is 5.26 Å². The van der Waals surface area contributed by atoms with Crippen LogP contribution in [0.3, 0.4) is 0 Å². The third-order valence-corrected chi connectivity index (χ3v) is 4.08. The number of aliphatic imine (C=N–C) groups is 1. The van der Waals surface area contributed by atoms with E-state index in [1.807, 2.05) is 0 Å². The van der Waals surface area contributed by atoms with E-state index in [0.29, 0.717) is 0 Å². The molecule has 26 heavy (non-hydrogen) atoms. The van der Waals surface area contributed by atoms with Gasteiger partial charge in [0.05, 0.1) is 10.6 Å². The summed E-state index contributed by atoms with van der Waals surface area (Å²) >= 11 is 5.46. The maximum atomic E-state index is 13.8. The molecule has 0 amide bonds. The number of halogens is 8. The molecule has 0 aliphatic rings. The molecular weight excluding hydrogens is 417 g/mol. The molecule has 0 fully saturated rings. The molecular formula is C12H6ClF7N4OS. The zero-order valence-electron chi connectivity index (χ0n) is 12.0. The van der Waals surface area contributed by atoms with Crippen LogP contribution in [0.25, 0.3) is 0 Å². The number of nitrogens with zero attached hydrogens (tertiary/aromatic N) is 2. The molecule has 4 N–H and O–H groups in total. The third kappa shape index (κ3) is 4.85. The Morgan fingerprint density at radius 2 is 1.73 bits per heavy atom. The predicted molar refractivity (Wildman–Crippen MR) is 78.7 cm³/mol. The van der Waals surface area contributed by atoms with Gasteiger partial charge in [0, 0.05) is 0 Å². The van der Waals surface area contributed by atoms with Crippen molar-refractivity contribution >= 4 is 33.9 Å². The lowest BCUT2D eigenvalue weighted by Crippen LogP contribution is -2.29. The van der Waals surface area contributed by atoms with Crippen LogP contribution in [-0.2, 0) is 17.0 Å². The van der Waals surface area contributed by atoms with E-state index in [-0.39, 0.29) is 12.1 Å². The second-order valence-corrected chi connectivity index (χ2v) is 6.17. The number of benzene rings is 1. The van der Waals surface area contributed by atoms with Gasteiger partial charge in [-0.1, -0.05) is 11.6 Å². The molecule has 142 valence electrons. The summed E-state index contributed by atoms with van der Waals surface area (Å²) < 4.78 is 101. The summed E-state index contributed by atoms with van der Waals surface area (Å²) in [5, 5.41) is 7.66. The highest BCUT2D eigenvalue weighted by molar-refractivity contribution is 7.90. The van der Waals surface area contributed by atoms with Gasteiger partial charge in [0.15, 0.2) is 16.6 Å². The van der Waals surface area contributed by atoms with Crippen molar-refractivity contribution in [2.24, 2.45) is 16.5 Å². The van der Waals surface area contributed by atoms with E-state index in [1.165, 1.54) is 0 Å². The van der Waals surface area contributed by atoms with E-state index in [2.05, 4.69) is 4.99 Å². The highest BCUT2D eigenvalue weighted by Crippen LogP contribution is 2.37. The van der Waals surface area contributed by atoms with Crippen molar-refractivity contribution in [2.75, 3.05) is 0 Å². The number of allylic oxidation sites excluding steroid dienone is 1. The van der Waals surface area contributed by atoms with Crippen LogP contribution in [0.4, 0.5) is 36.4 Å². The monoisotopic (exact) mass is 422 g/mol. The van der Waals surface area contributed by atoms with Crippen LogP contribution in [0.1, 0.15) is 5.56 Å². The fraction of sp³-hybridized carbons (Fsp3) is 0.167. The van der Waals surface area contributed by atoms with Crippen molar-refractivity contribution in [1.82, 2.24) is 0 Å². The van der Waals surface area contributed by atoms with Gasteiger partial charge in [-0.25, -0.2) is 13.6 Å². The predicted octanol–water partition coefficient (Wildman–Crippen LogP) is 3.45. The van der Waals surface area contributed by atoms with Gasteiger partial charge in [0.2, 0.25) is 0 Å². The second-order valence-electron chi connectivity index (χ2n) is 4.35. The average Bonchev–Trinajstić information content (AvgIpc) is 2.48. The van der Waals surface area contributed by atoms with Crippen molar-refractivity contribution in [3.63, 3.8) is 0 Å². The molecule has 0 saturated carbocycles. The van der Waals surface area contributed by atoms with E-state index >= 15 is 0 Å². The zero-order chi connectivity index (χ0) is 20.4. The van der Waals surface area contributed by atoms with E-state index in [9.17, 15) is 34.9 Å². The molecule has 0 heterocycles. The molecule has 5 nitrogen and oxygen atoms in total. The first-order valence-electron chi connectivity index (χ1n) is 5.99. The quantitative estimate of drug-likeness (QED) is 0.337. The van der Waals surface area contributed by atoms with Gasteiger partial charge in [-0.2, -0.15) is 31.6 Å². The van der Waals surface area contributed by atoms with E-state index in [0.717, 1.165) is 6.07 Å². The van der Waals surface area contributed by atoms with Crippen LogP contribution in [0, 0.1) is 17.1 Å². The number of hydrogen-bond donors (Lipinski definition) is 2. The number of nitriles is 1. The number of amidine groups is 1. The summed E-state index contributed by atoms with van der Waals surface area (Å²) in [6.07, 6.45) is -4.95. The van der Waals surface area contributed by atoms with Crippen LogP contribution < -0.4 is 11.5 Å². The van der Waals surface area contributed by atoms with E-state index in [4.69, 9.17) is 28.3 Å². The van der Waals surface area contributed by atoms with Gasteiger partial charge in [-0.15, -0.1) is 0 Å². The number of nitrogens with two attached hydrogens (primary N) is 2. The molecule has 0 aliphatic carbocycles. The zero-order valence-corrected chi connectivity index (χ0v) is 13.6. The van der Waals surface area contributed by atoms with E-state index in [1.54, 1.807) is 0 Å². The van der Waals surface area contributed by atoms with Gasteiger partial charge >= 0.3 is 11.7 Å². The molecule has 14 heteroatoms. The molecule has 0 bridgehead atoms. The van der Waals surface area contributed by atoms with Crippen molar-refractivity contribution in [2.45, 2.75) is 11.7 Å². The number of hydrogen-bond acceptors (Lipinski definition) is 4. The Morgan fingerprint density at radius 1 is 1.19 bits per heavy atom. The molecule has 0 spiro atoms. The maximum Gasteiger partial charge on any atom is 0.476 e. The lowest BCUT2D eigenvalue weighted by molar-refractivity contribution is -0.137. The van der Waals surface area contributed by atoms with Gasteiger partial charge in [0.1, 0.15) is 28.2 Å².